The molecular weight excluding hydrogens is 337 g/mol. The van der Waals surface area contributed by atoms with Crippen molar-refractivity contribution in [2.24, 2.45) is 0 Å². The zero-order valence-corrected chi connectivity index (χ0v) is 12.0. The molecule has 0 aromatic heterocycles. The minimum Gasteiger partial charge on any atom is -0.399 e. The summed E-state index contributed by atoms with van der Waals surface area (Å²) in [6.07, 6.45) is -3.43. The summed E-state index contributed by atoms with van der Waals surface area (Å²) < 4.78 is 38.2. The van der Waals surface area contributed by atoms with Crippen molar-refractivity contribution in [2.75, 3.05) is 18.8 Å². The summed E-state index contributed by atoms with van der Waals surface area (Å²) in [5, 5.41) is 0. The van der Waals surface area contributed by atoms with Gasteiger partial charge < -0.3 is 10.6 Å². The average molecular weight is 349 g/mol. The van der Waals surface area contributed by atoms with Gasteiger partial charge in [-0.3, -0.25) is 4.79 Å². The molecule has 1 amide bonds. The molecule has 0 spiro atoms. The third-order valence-electron chi connectivity index (χ3n) is 3.03. The summed E-state index contributed by atoms with van der Waals surface area (Å²) in [6, 6.07) is 4.76. The summed E-state index contributed by atoms with van der Waals surface area (Å²) in [5.41, 5.74) is 5.85. The fourth-order valence-corrected chi connectivity index (χ4v) is 2.54. The molecule has 2 N–H and O–H groups in total. The van der Waals surface area contributed by atoms with Gasteiger partial charge in [-0.05, 0) is 24.6 Å². The van der Waals surface area contributed by atoms with E-state index in [4.69, 9.17) is 5.73 Å². The van der Waals surface area contributed by atoms with Crippen molar-refractivity contribution in [3.8, 4) is 0 Å². The third-order valence-corrected chi connectivity index (χ3v) is 3.49. The number of hydrogen-bond acceptors (Lipinski definition) is 2. The maximum absolute atomic E-state index is 12.5. The van der Waals surface area contributed by atoms with Gasteiger partial charge in [0.1, 0.15) is 0 Å². The highest BCUT2D eigenvalue weighted by Crippen LogP contribution is 2.30. The molecule has 1 aliphatic rings. The van der Waals surface area contributed by atoms with Crippen LogP contribution in [0.3, 0.4) is 0 Å². The van der Waals surface area contributed by atoms with Gasteiger partial charge in [0, 0.05) is 34.4 Å². The molecule has 0 fully saturated rings. The van der Waals surface area contributed by atoms with Crippen molar-refractivity contribution >= 4 is 27.5 Å². The summed E-state index contributed by atoms with van der Waals surface area (Å²) in [6.45, 7) is 0.0106. The van der Waals surface area contributed by atoms with Crippen molar-refractivity contribution < 1.29 is 18.0 Å². The van der Waals surface area contributed by atoms with Gasteiger partial charge in [-0.1, -0.05) is 22.0 Å². The molecule has 108 valence electrons. The lowest BCUT2D eigenvalue weighted by Gasteiger charge is -2.27. The number of carbonyl (C=O) groups is 1. The lowest BCUT2D eigenvalue weighted by atomic mass is 10.1. The quantitative estimate of drug-likeness (QED) is 0.624. The molecule has 1 aliphatic heterocycles. The number of carbonyl (C=O) groups excluding carboxylic acids is 1. The fourth-order valence-electron chi connectivity index (χ4n) is 2.03. The van der Waals surface area contributed by atoms with Crippen molar-refractivity contribution in [3.63, 3.8) is 0 Å². The highest BCUT2D eigenvalue weighted by Gasteiger charge is 2.35. The van der Waals surface area contributed by atoms with Gasteiger partial charge in [-0.25, -0.2) is 0 Å². The minimum absolute atomic E-state index is 0.0416. The van der Waals surface area contributed by atoms with Crippen LogP contribution in [-0.4, -0.2) is 30.1 Å². The molecule has 7 heteroatoms. The van der Waals surface area contributed by atoms with E-state index in [0.29, 0.717) is 15.7 Å². The zero-order valence-electron chi connectivity index (χ0n) is 10.4. The molecule has 20 heavy (non-hydrogen) atoms. The van der Waals surface area contributed by atoms with Gasteiger partial charge in [0.15, 0.2) is 0 Å². The van der Waals surface area contributed by atoms with Gasteiger partial charge >= 0.3 is 6.18 Å². The number of halogens is 4. The van der Waals surface area contributed by atoms with Gasteiger partial charge in [-0.2, -0.15) is 13.2 Å². The first-order valence-corrected chi connectivity index (χ1v) is 6.68. The van der Waals surface area contributed by atoms with Crippen LogP contribution < -0.4 is 5.73 Å². The van der Waals surface area contributed by atoms with Crippen LogP contribution in [0.4, 0.5) is 18.9 Å². The smallest absolute Gasteiger partial charge is 0.399 e. The SMILES string of the molecule is Nc1cc(Br)cc(C(=O)N2CC=C(C(F)(F)F)CC2)c1. The molecule has 1 heterocycles. The molecular formula is C13H12BrF3N2O. The van der Waals surface area contributed by atoms with E-state index in [0.717, 1.165) is 6.08 Å². The maximum Gasteiger partial charge on any atom is 0.412 e. The largest absolute Gasteiger partial charge is 0.412 e. The van der Waals surface area contributed by atoms with Crippen LogP contribution in [0.15, 0.2) is 34.3 Å². The van der Waals surface area contributed by atoms with Crippen LogP contribution in [0.5, 0.6) is 0 Å². The van der Waals surface area contributed by atoms with Gasteiger partial charge in [0.05, 0.1) is 0 Å². The van der Waals surface area contributed by atoms with Crippen LogP contribution in [0.2, 0.25) is 0 Å². The number of nitrogen functional groups attached to an aromatic ring is 1. The van der Waals surface area contributed by atoms with Crippen molar-refractivity contribution in [1.29, 1.82) is 0 Å². The van der Waals surface area contributed by atoms with Crippen LogP contribution in [0, 0.1) is 0 Å². The van der Waals surface area contributed by atoms with E-state index < -0.39 is 11.7 Å². The molecule has 0 saturated heterocycles. The second kappa shape index (κ2) is 5.47. The van der Waals surface area contributed by atoms with Crippen LogP contribution in [0.1, 0.15) is 16.8 Å². The molecule has 0 saturated carbocycles. The number of hydrogen-bond donors (Lipinski definition) is 1. The maximum atomic E-state index is 12.5. The Bertz CT molecular complexity index is 549. The number of anilines is 1. The number of nitrogens with zero attached hydrogens (tertiary/aromatic N) is 1. The molecule has 2 rings (SSSR count). The van der Waals surface area contributed by atoms with E-state index in [1.165, 1.54) is 11.0 Å². The zero-order chi connectivity index (χ0) is 14.9. The summed E-state index contributed by atoms with van der Waals surface area (Å²) in [4.78, 5) is 13.6. The second-order valence-electron chi connectivity index (χ2n) is 4.50. The Morgan fingerprint density at radius 1 is 1.30 bits per heavy atom. The summed E-state index contributed by atoms with van der Waals surface area (Å²) in [5.74, 6) is -0.324. The monoisotopic (exact) mass is 348 g/mol. The number of alkyl halides is 3. The second-order valence-corrected chi connectivity index (χ2v) is 5.42. The first-order chi connectivity index (χ1) is 9.27. The summed E-state index contributed by atoms with van der Waals surface area (Å²) in [7, 11) is 0. The Labute approximate surface area is 122 Å². The van der Waals surface area contributed by atoms with E-state index in [1.54, 1.807) is 12.1 Å². The topological polar surface area (TPSA) is 46.3 Å². The van der Waals surface area contributed by atoms with E-state index >= 15 is 0 Å². The highest BCUT2D eigenvalue weighted by atomic mass is 79.9. The van der Waals surface area contributed by atoms with Gasteiger partial charge in [0.2, 0.25) is 0 Å². The van der Waals surface area contributed by atoms with Crippen molar-refractivity contribution in [1.82, 2.24) is 4.90 Å². The Morgan fingerprint density at radius 2 is 2.00 bits per heavy atom. The van der Waals surface area contributed by atoms with Gasteiger partial charge in [-0.15, -0.1) is 0 Å². The minimum atomic E-state index is -4.31. The summed E-state index contributed by atoms with van der Waals surface area (Å²) >= 11 is 3.23. The Balaban J connectivity index is 2.14. The molecule has 0 atom stereocenters. The average Bonchev–Trinajstić information content (AvgIpc) is 2.36. The van der Waals surface area contributed by atoms with Crippen molar-refractivity contribution in [2.45, 2.75) is 12.6 Å². The fraction of sp³-hybridized carbons (Fsp3) is 0.308. The standard InChI is InChI=1S/C13H12BrF3N2O/c14-10-5-8(6-11(18)7-10)12(20)19-3-1-9(2-4-19)13(15,16)17/h1,5-7H,2-4,18H2. The first-order valence-electron chi connectivity index (χ1n) is 5.89. The van der Waals surface area contributed by atoms with Crippen LogP contribution in [-0.2, 0) is 0 Å². The number of rotatable bonds is 1. The third kappa shape index (κ3) is 3.33. The van der Waals surface area contributed by atoms with Crippen LogP contribution in [0.25, 0.3) is 0 Å². The van der Waals surface area contributed by atoms with E-state index in [-0.39, 0.29) is 25.4 Å². The lowest BCUT2D eigenvalue weighted by Crippen LogP contribution is -2.36. The van der Waals surface area contributed by atoms with Crippen molar-refractivity contribution in [3.05, 3.63) is 39.9 Å². The molecule has 0 unspecified atom stereocenters. The number of nitrogens with two attached hydrogens (primary N) is 1. The molecule has 0 aliphatic carbocycles. The van der Waals surface area contributed by atoms with E-state index in [1.807, 2.05) is 0 Å². The number of amides is 1. The lowest BCUT2D eigenvalue weighted by molar-refractivity contribution is -0.0957. The molecule has 1 aromatic carbocycles. The normalized spacial score (nSPS) is 16.0. The van der Waals surface area contributed by atoms with Gasteiger partial charge in [0.25, 0.3) is 5.91 Å². The predicted molar refractivity (Wildman–Crippen MR) is 73.2 cm³/mol. The number of benzene rings is 1. The highest BCUT2D eigenvalue weighted by molar-refractivity contribution is 9.10. The molecule has 1 aromatic rings. The Kier molecular flexibility index (Phi) is 4.08. The van der Waals surface area contributed by atoms with E-state index in [9.17, 15) is 18.0 Å². The van der Waals surface area contributed by atoms with E-state index in [2.05, 4.69) is 15.9 Å². The Morgan fingerprint density at radius 3 is 2.50 bits per heavy atom. The first kappa shape index (κ1) is 14.9. The van der Waals surface area contributed by atoms with Crippen LogP contribution >= 0.6 is 15.9 Å². The Hall–Kier alpha value is -1.50. The predicted octanol–water partition coefficient (Wildman–Crippen LogP) is 3.37. The molecule has 0 radical (unpaired) electrons. The molecule has 0 bridgehead atoms. The molecule has 3 nitrogen and oxygen atoms in total.